The van der Waals surface area contributed by atoms with Crippen LogP contribution in [0.5, 0.6) is 0 Å². The minimum Gasteiger partial charge on any atom is -0.398 e. The molecule has 21 heavy (non-hydrogen) atoms. The smallest absolute Gasteiger partial charge is 0.251 e. The Labute approximate surface area is 131 Å². The number of carbonyl (C=O) groups is 1. The van der Waals surface area contributed by atoms with Crippen LogP contribution in [-0.2, 0) is 0 Å². The fraction of sp³-hybridized carbons (Fsp3) is 0.588. The Bertz CT molecular complexity index is 594. The van der Waals surface area contributed by atoms with E-state index in [1.807, 2.05) is 0 Å². The van der Waals surface area contributed by atoms with Crippen molar-refractivity contribution < 1.29 is 4.79 Å². The van der Waals surface area contributed by atoms with Crippen molar-refractivity contribution in [1.29, 1.82) is 0 Å². The number of anilines is 1. The van der Waals surface area contributed by atoms with E-state index in [1.165, 1.54) is 19.3 Å². The molecule has 1 aromatic carbocycles. The maximum absolute atomic E-state index is 12.6. The first-order valence-corrected chi connectivity index (χ1v) is 7.98. The number of nitrogens with one attached hydrogen (secondary N) is 1. The third-order valence-corrected chi connectivity index (χ3v) is 6.15. The van der Waals surface area contributed by atoms with Gasteiger partial charge in [0.2, 0.25) is 0 Å². The van der Waals surface area contributed by atoms with E-state index in [0.717, 1.165) is 0 Å². The molecule has 0 heterocycles. The summed E-state index contributed by atoms with van der Waals surface area (Å²) in [6.45, 7) is 6.87. The molecule has 3 N–H and O–H groups in total. The standard InChI is InChI=1S/C17H23ClN2O/c1-16(2)11-6-7-17(3,9-11)15(16)20-14(21)10-4-5-12(18)13(19)8-10/h4-5,8,11,15H,6-7,9,19H2,1-3H3,(H,20,21). The molecule has 4 heteroatoms. The SMILES string of the molecule is CC12CCC(C1)C(C)(C)C2NC(=O)c1ccc(Cl)c(N)c1. The zero-order valence-corrected chi connectivity index (χ0v) is 13.6. The highest BCUT2D eigenvalue weighted by Gasteiger charge is 2.59. The van der Waals surface area contributed by atoms with Gasteiger partial charge in [0, 0.05) is 11.6 Å². The van der Waals surface area contributed by atoms with Gasteiger partial charge >= 0.3 is 0 Å². The van der Waals surface area contributed by atoms with Crippen LogP contribution >= 0.6 is 11.6 Å². The summed E-state index contributed by atoms with van der Waals surface area (Å²) in [6.07, 6.45) is 3.70. The molecule has 3 atom stereocenters. The summed E-state index contributed by atoms with van der Waals surface area (Å²) in [5, 5.41) is 3.75. The Kier molecular flexibility index (Phi) is 3.25. The number of benzene rings is 1. The van der Waals surface area contributed by atoms with Crippen molar-refractivity contribution in [2.24, 2.45) is 16.7 Å². The summed E-state index contributed by atoms with van der Waals surface area (Å²) in [6, 6.07) is 5.28. The summed E-state index contributed by atoms with van der Waals surface area (Å²) in [5.74, 6) is 0.660. The molecule has 2 saturated carbocycles. The number of hydrogen-bond acceptors (Lipinski definition) is 2. The summed E-state index contributed by atoms with van der Waals surface area (Å²) >= 11 is 5.92. The Balaban J connectivity index is 1.83. The van der Waals surface area contributed by atoms with Crippen molar-refractivity contribution in [3.8, 4) is 0 Å². The predicted molar refractivity (Wildman–Crippen MR) is 86.3 cm³/mol. The number of nitrogens with two attached hydrogens (primary N) is 1. The van der Waals surface area contributed by atoms with Crippen LogP contribution in [0.15, 0.2) is 18.2 Å². The molecule has 114 valence electrons. The van der Waals surface area contributed by atoms with E-state index in [4.69, 9.17) is 17.3 Å². The molecule has 0 saturated heterocycles. The first-order chi connectivity index (χ1) is 9.74. The molecular formula is C17H23ClN2O. The van der Waals surface area contributed by atoms with Gasteiger partial charge in [-0.3, -0.25) is 4.79 Å². The maximum atomic E-state index is 12.6. The molecule has 3 nitrogen and oxygen atoms in total. The largest absolute Gasteiger partial charge is 0.398 e. The highest BCUT2D eigenvalue weighted by Crippen LogP contribution is 2.62. The monoisotopic (exact) mass is 306 g/mol. The molecule has 2 fully saturated rings. The Morgan fingerprint density at radius 2 is 2.10 bits per heavy atom. The first-order valence-electron chi connectivity index (χ1n) is 7.60. The Hall–Kier alpha value is -1.22. The maximum Gasteiger partial charge on any atom is 0.251 e. The van der Waals surface area contributed by atoms with Crippen molar-refractivity contribution in [2.45, 2.75) is 46.1 Å². The lowest BCUT2D eigenvalue weighted by atomic mass is 9.68. The van der Waals surface area contributed by atoms with Crippen molar-refractivity contribution in [3.63, 3.8) is 0 Å². The van der Waals surface area contributed by atoms with E-state index in [-0.39, 0.29) is 22.8 Å². The lowest BCUT2D eigenvalue weighted by molar-refractivity contribution is 0.0737. The molecule has 0 radical (unpaired) electrons. The second-order valence-corrected chi connectivity index (χ2v) is 7.97. The average Bonchev–Trinajstić information content (AvgIpc) is 2.89. The Morgan fingerprint density at radius 1 is 1.38 bits per heavy atom. The van der Waals surface area contributed by atoms with Gasteiger partial charge in [0.05, 0.1) is 10.7 Å². The number of amides is 1. The molecule has 3 unspecified atom stereocenters. The van der Waals surface area contributed by atoms with E-state index >= 15 is 0 Å². The highest BCUT2D eigenvalue weighted by atomic mass is 35.5. The summed E-state index contributed by atoms with van der Waals surface area (Å²) in [7, 11) is 0. The van der Waals surface area contributed by atoms with Gasteiger partial charge in [-0.1, -0.05) is 32.4 Å². The molecule has 0 aromatic heterocycles. The predicted octanol–water partition coefficient (Wildman–Crippen LogP) is 3.87. The van der Waals surface area contributed by atoms with Gasteiger partial charge in [-0.05, 0) is 54.2 Å². The van der Waals surface area contributed by atoms with E-state index in [1.54, 1.807) is 18.2 Å². The van der Waals surface area contributed by atoms with Gasteiger partial charge in [-0.15, -0.1) is 0 Å². The summed E-state index contributed by atoms with van der Waals surface area (Å²) in [5.41, 5.74) is 7.20. The number of carbonyl (C=O) groups excluding carboxylic acids is 1. The Morgan fingerprint density at radius 3 is 2.67 bits per heavy atom. The zero-order valence-electron chi connectivity index (χ0n) is 12.9. The first kappa shape index (κ1) is 14.7. The second kappa shape index (κ2) is 4.64. The van der Waals surface area contributed by atoms with E-state index in [0.29, 0.717) is 22.2 Å². The summed E-state index contributed by atoms with van der Waals surface area (Å²) < 4.78 is 0. The molecule has 2 bridgehead atoms. The lowest BCUT2D eigenvalue weighted by Crippen LogP contribution is -2.52. The fourth-order valence-electron chi connectivity index (χ4n) is 4.56. The van der Waals surface area contributed by atoms with Crippen LogP contribution in [0.25, 0.3) is 0 Å². The minimum atomic E-state index is -0.0507. The van der Waals surface area contributed by atoms with Gasteiger partial charge in [-0.25, -0.2) is 0 Å². The number of nitrogen functional groups attached to an aromatic ring is 1. The average molecular weight is 307 g/mol. The number of hydrogen-bond donors (Lipinski definition) is 2. The zero-order chi connectivity index (χ0) is 15.4. The molecule has 1 aromatic rings. The van der Waals surface area contributed by atoms with Crippen LogP contribution in [0.1, 0.15) is 50.4 Å². The van der Waals surface area contributed by atoms with Crippen molar-refractivity contribution in [2.75, 3.05) is 5.73 Å². The second-order valence-electron chi connectivity index (χ2n) is 7.56. The van der Waals surface area contributed by atoms with E-state index < -0.39 is 0 Å². The molecule has 2 aliphatic carbocycles. The molecule has 0 aliphatic heterocycles. The summed E-state index contributed by atoms with van der Waals surface area (Å²) in [4.78, 5) is 12.6. The van der Waals surface area contributed by atoms with Crippen LogP contribution in [0.4, 0.5) is 5.69 Å². The molecular weight excluding hydrogens is 284 g/mol. The minimum absolute atomic E-state index is 0.0507. The molecule has 0 spiro atoms. The van der Waals surface area contributed by atoms with Crippen LogP contribution in [-0.4, -0.2) is 11.9 Å². The number of fused-ring (bicyclic) bond motifs is 2. The van der Waals surface area contributed by atoms with Crippen LogP contribution in [0.2, 0.25) is 5.02 Å². The topological polar surface area (TPSA) is 55.1 Å². The van der Waals surface area contributed by atoms with E-state index in [9.17, 15) is 4.79 Å². The quantitative estimate of drug-likeness (QED) is 0.815. The van der Waals surface area contributed by atoms with Gasteiger partial charge < -0.3 is 11.1 Å². The highest BCUT2D eigenvalue weighted by molar-refractivity contribution is 6.33. The van der Waals surface area contributed by atoms with Gasteiger partial charge in [-0.2, -0.15) is 0 Å². The lowest BCUT2D eigenvalue weighted by Gasteiger charge is -2.43. The number of rotatable bonds is 2. The van der Waals surface area contributed by atoms with Gasteiger partial charge in [0.25, 0.3) is 5.91 Å². The van der Waals surface area contributed by atoms with Gasteiger partial charge in [0.15, 0.2) is 0 Å². The van der Waals surface area contributed by atoms with Crippen molar-refractivity contribution >= 4 is 23.2 Å². The third-order valence-electron chi connectivity index (χ3n) is 5.80. The molecule has 1 amide bonds. The third kappa shape index (κ3) is 2.22. The van der Waals surface area contributed by atoms with Crippen molar-refractivity contribution in [1.82, 2.24) is 5.32 Å². The fourth-order valence-corrected chi connectivity index (χ4v) is 4.68. The van der Waals surface area contributed by atoms with Crippen LogP contribution in [0, 0.1) is 16.7 Å². The molecule has 2 aliphatic rings. The normalized spacial score (nSPS) is 33.1. The van der Waals surface area contributed by atoms with Crippen LogP contribution in [0.3, 0.4) is 0 Å². The molecule has 3 rings (SSSR count). The van der Waals surface area contributed by atoms with Gasteiger partial charge in [0.1, 0.15) is 0 Å². The number of halogens is 1. The van der Waals surface area contributed by atoms with Crippen LogP contribution < -0.4 is 11.1 Å². The van der Waals surface area contributed by atoms with E-state index in [2.05, 4.69) is 26.1 Å². The van der Waals surface area contributed by atoms with Crippen molar-refractivity contribution in [3.05, 3.63) is 28.8 Å².